The largest absolute Gasteiger partial charge is 0.494 e. The first-order valence-corrected chi connectivity index (χ1v) is 12.3. The van der Waals surface area contributed by atoms with E-state index < -0.39 is 10.0 Å². The van der Waals surface area contributed by atoms with Crippen LogP contribution in [0.15, 0.2) is 29.2 Å². The van der Waals surface area contributed by atoms with Gasteiger partial charge in [-0.3, -0.25) is 9.69 Å². The molecule has 0 aliphatic carbocycles. The molecular weight excluding hydrogens is 406 g/mol. The molecule has 3 rings (SSSR count). The average molecular weight is 440 g/mol. The van der Waals surface area contributed by atoms with E-state index in [9.17, 15) is 13.2 Å². The summed E-state index contributed by atoms with van der Waals surface area (Å²) in [5.74, 6) is 0.565. The first kappa shape index (κ1) is 23.0. The van der Waals surface area contributed by atoms with Crippen molar-refractivity contribution in [3.05, 3.63) is 24.3 Å². The molecule has 0 radical (unpaired) electrons. The zero-order chi connectivity index (χ0) is 21.4. The van der Waals surface area contributed by atoms with Crippen LogP contribution < -0.4 is 10.1 Å². The van der Waals surface area contributed by atoms with E-state index in [4.69, 9.17) is 9.47 Å². The average Bonchev–Trinajstić information content (AvgIpc) is 2.78. The van der Waals surface area contributed by atoms with Crippen LogP contribution in [-0.4, -0.2) is 82.6 Å². The first-order valence-electron chi connectivity index (χ1n) is 10.8. The number of rotatable bonds is 9. The number of piperidine rings is 1. The van der Waals surface area contributed by atoms with Gasteiger partial charge >= 0.3 is 0 Å². The van der Waals surface area contributed by atoms with E-state index in [1.54, 1.807) is 24.3 Å². The SMILES string of the molecule is CCOc1ccc(S(=O)(=O)N2CCC(C(=O)NCCCN3CCOCC3)CC2)cc1. The third-order valence-corrected chi connectivity index (χ3v) is 7.56. The normalized spacial score (nSPS) is 19.5. The fraction of sp³-hybridized carbons (Fsp3) is 0.667. The molecule has 2 fully saturated rings. The maximum Gasteiger partial charge on any atom is 0.243 e. The quantitative estimate of drug-likeness (QED) is 0.584. The summed E-state index contributed by atoms with van der Waals surface area (Å²) in [5.41, 5.74) is 0. The summed E-state index contributed by atoms with van der Waals surface area (Å²) in [6, 6.07) is 6.50. The highest BCUT2D eigenvalue weighted by Gasteiger charge is 2.32. The minimum absolute atomic E-state index is 0.0371. The molecule has 8 nitrogen and oxygen atoms in total. The zero-order valence-corrected chi connectivity index (χ0v) is 18.5. The molecule has 0 saturated carbocycles. The molecule has 0 aromatic heterocycles. The number of benzene rings is 1. The van der Waals surface area contributed by atoms with Gasteiger partial charge in [0.15, 0.2) is 0 Å². The number of amides is 1. The molecule has 2 heterocycles. The molecule has 0 spiro atoms. The van der Waals surface area contributed by atoms with Crippen LogP contribution in [0.5, 0.6) is 5.75 Å². The predicted octanol–water partition coefficient (Wildman–Crippen LogP) is 1.32. The molecule has 1 amide bonds. The highest BCUT2D eigenvalue weighted by Crippen LogP contribution is 2.25. The number of carbonyl (C=O) groups is 1. The molecule has 2 aliphatic rings. The van der Waals surface area contributed by atoms with Crippen molar-refractivity contribution in [2.45, 2.75) is 31.1 Å². The molecule has 0 atom stereocenters. The van der Waals surface area contributed by atoms with Crippen LogP contribution in [0.3, 0.4) is 0 Å². The van der Waals surface area contributed by atoms with E-state index in [0.717, 1.165) is 39.3 Å². The van der Waals surface area contributed by atoms with Gasteiger partial charge in [-0.1, -0.05) is 0 Å². The fourth-order valence-corrected chi connectivity index (χ4v) is 5.33. The van der Waals surface area contributed by atoms with Crippen molar-refractivity contribution in [3.63, 3.8) is 0 Å². The van der Waals surface area contributed by atoms with E-state index in [1.165, 1.54) is 4.31 Å². The lowest BCUT2D eigenvalue weighted by atomic mass is 9.97. The van der Waals surface area contributed by atoms with E-state index >= 15 is 0 Å². The van der Waals surface area contributed by atoms with Crippen LogP contribution in [0.2, 0.25) is 0 Å². The monoisotopic (exact) mass is 439 g/mol. The molecule has 1 aromatic carbocycles. The number of morpholine rings is 1. The Kier molecular flexibility index (Phi) is 8.50. The summed E-state index contributed by atoms with van der Waals surface area (Å²) in [6.45, 7) is 8.23. The number of carbonyl (C=O) groups excluding carboxylic acids is 1. The Morgan fingerprint density at radius 1 is 1.13 bits per heavy atom. The van der Waals surface area contributed by atoms with Crippen LogP contribution in [0.1, 0.15) is 26.2 Å². The second kappa shape index (κ2) is 11.1. The van der Waals surface area contributed by atoms with E-state index in [-0.39, 0.29) is 16.7 Å². The summed E-state index contributed by atoms with van der Waals surface area (Å²) in [5, 5.41) is 3.02. The Hall–Kier alpha value is -1.68. The zero-order valence-electron chi connectivity index (χ0n) is 17.7. The van der Waals surface area contributed by atoms with Crippen LogP contribution in [0.4, 0.5) is 0 Å². The van der Waals surface area contributed by atoms with Gasteiger partial charge in [-0.25, -0.2) is 8.42 Å². The Balaban J connectivity index is 1.41. The summed E-state index contributed by atoms with van der Waals surface area (Å²) in [4.78, 5) is 15.1. The van der Waals surface area contributed by atoms with Crippen LogP contribution in [0, 0.1) is 5.92 Å². The Bertz CT molecular complexity index is 770. The summed E-state index contributed by atoms with van der Waals surface area (Å²) in [6.07, 6.45) is 2.01. The van der Waals surface area contributed by atoms with Gasteiger partial charge in [-0.2, -0.15) is 4.31 Å². The maximum atomic E-state index is 12.9. The molecule has 30 heavy (non-hydrogen) atoms. The van der Waals surface area contributed by atoms with Gasteiger partial charge in [-0.15, -0.1) is 0 Å². The number of hydrogen-bond acceptors (Lipinski definition) is 6. The van der Waals surface area contributed by atoms with E-state index in [0.29, 0.717) is 44.8 Å². The van der Waals surface area contributed by atoms with Gasteiger partial charge in [0.1, 0.15) is 5.75 Å². The lowest BCUT2D eigenvalue weighted by molar-refractivity contribution is -0.126. The Morgan fingerprint density at radius 3 is 2.43 bits per heavy atom. The minimum Gasteiger partial charge on any atom is -0.494 e. The Morgan fingerprint density at radius 2 is 1.80 bits per heavy atom. The second-order valence-corrected chi connectivity index (χ2v) is 9.62. The molecule has 2 aliphatic heterocycles. The number of sulfonamides is 1. The molecule has 1 N–H and O–H groups in total. The highest BCUT2D eigenvalue weighted by molar-refractivity contribution is 7.89. The van der Waals surface area contributed by atoms with Crippen LogP contribution >= 0.6 is 0 Å². The van der Waals surface area contributed by atoms with Crippen molar-refractivity contribution < 1.29 is 22.7 Å². The van der Waals surface area contributed by atoms with Gasteiger partial charge in [0, 0.05) is 38.6 Å². The molecule has 2 saturated heterocycles. The fourth-order valence-electron chi connectivity index (χ4n) is 3.87. The molecule has 1 aromatic rings. The first-order chi connectivity index (χ1) is 14.5. The standard InChI is InChI=1S/C21H33N3O5S/c1-2-29-19-4-6-20(7-5-19)30(26,27)24-12-8-18(9-13-24)21(25)22-10-3-11-23-14-16-28-17-15-23/h4-7,18H,2-3,8-17H2,1H3,(H,22,25). The number of nitrogens with one attached hydrogen (secondary N) is 1. The van der Waals surface area contributed by atoms with Gasteiger partial charge in [0.25, 0.3) is 0 Å². The van der Waals surface area contributed by atoms with Gasteiger partial charge < -0.3 is 14.8 Å². The molecule has 0 bridgehead atoms. The van der Waals surface area contributed by atoms with Crippen molar-refractivity contribution in [3.8, 4) is 5.75 Å². The summed E-state index contributed by atoms with van der Waals surface area (Å²) in [7, 11) is -3.55. The van der Waals surface area contributed by atoms with Gasteiger partial charge in [0.2, 0.25) is 15.9 Å². The summed E-state index contributed by atoms with van der Waals surface area (Å²) >= 11 is 0. The number of hydrogen-bond donors (Lipinski definition) is 1. The van der Waals surface area contributed by atoms with Crippen molar-refractivity contribution in [2.75, 3.05) is 59.1 Å². The number of nitrogens with zero attached hydrogens (tertiary/aromatic N) is 2. The van der Waals surface area contributed by atoms with Crippen molar-refractivity contribution in [1.29, 1.82) is 0 Å². The summed E-state index contributed by atoms with van der Waals surface area (Å²) < 4.78 is 37.9. The minimum atomic E-state index is -3.55. The molecular formula is C21H33N3O5S. The van der Waals surface area contributed by atoms with Crippen molar-refractivity contribution in [2.24, 2.45) is 5.92 Å². The topological polar surface area (TPSA) is 88.2 Å². The third-order valence-electron chi connectivity index (χ3n) is 5.65. The third kappa shape index (κ3) is 6.16. The highest BCUT2D eigenvalue weighted by atomic mass is 32.2. The predicted molar refractivity (Wildman–Crippen MR) is 114 cm³/mol. The number of ether oxygens (including phenoxy) is 2. The second-order valence-electron chi connectivity index (χ2n) is 7.68. The van der Waals surface area contributed by atoms with Crippen LogP contribution in [0.25, 0.3) is 0 Å². The Labute approximate surface area is 179 Å². The van der Waals surface area contributed by atoms with E-state index in [1.807, 2.05) is 6.92 Å². The lowest BCUT2D eigenvalue weighted by Gasteiger charge is -2.30. The molecule has 0 unspecified atom stereocenters. The van der Waals surface area contributed by atoms with Crippen molar-refractivity contribution in [1.82, 2.24) is 14.5 Å². The van der Waals surface area contributed by atoms with Gasteiger partial charge in [0.05, 0.1) is 24.7 Å². The van der Waals surface area contributed by atoms with Crippen molar-refractivity contribution >= 4 is 15.9 Å². The molecule has 9 heteroatoms. The van der Waals surface area contributed by atoms with E-state index in [2.05, 4.69) is 10.2 Å². The van der Waals surface area contributed by atoms with Gasteiger partial charge in [-0.05, 0) is 57.0 Å². The molecule has 168 valence electrons. The lowest BCUT2D eigenvalue weighted by Crippen LogP contribution is -2.43. The smallest absolute Gasteiger partial charge is 0.243 e. The van der Waals surface area contributed by atoms with Crippen LogP contribution in [-0.2, 0) is 19.6 Å². The maximum absolute atomic E-state index is 12.9.